The first-order chi connectivity index (χ1) is 7.72. The average molecular weight is 217 g/mol. The quantitative estimate of drug-likeness (QED) is 0.855. The van der Waals surface area contributed by atoms with E-state index in [-0.39, 0.29) is 0 Å². The van der Waals surface area contributed by atoms with Crippen LogP contribution in [0.1, 0.15) is 26.7 Å². The minimum Gasteiger partial charge on any atom is -0.382 e. The van der Waals surface area contributed by atoms with Gasteiger partial charge in [-0.15, -0.1) is 0 Å². The summed E-state index contributed by atoms with van der Waals surface area (Å²) in [5.41, 5.74) is 7.04. The van der Waals surface area contributed by atoms with Crippen LogP contribution in [-0.4, -0.2) is 9.78 Å². The fourth-order valence-electron chi connectivity index (χ4n) is 2.17. The maximum absolute atomic E-state index is 5.89. The Morgan fingerprint density at radius 1 is 1.38 bits per heavy atom. The highest BCUT2D eigenvalue weighted by Crippen LogP contribution is 2.21. The summed E-state index contributed by atoms with van der Waals surface area (Å²) < 4.78 is 2.03. The van der Waals surface area contributed by atoms with E-state index in [1.54, 1.807) is 0 Å². The van der Waals surface area contributed by atoms with Gasteiger partial charge in [0.05, 0.1) is 5.52 Å². The normalized spacial score (nSPS) is 13.1. The molecule has 1 aromatic heterocycles. The van der Waals surface area contributed by atoms with Crippen LogP contribution >= 0.6 is 0 Å². The number of para-hydroxylation sites is 1. The number of hydrogen-bond acceptors (Lipinski definition) is 2. The number of hydrogen-bond donors (Lipinski definition) is 1. The van der Waals surface area contributed by atoms with Crippen LogP contribution in [0.25, 0.3) is 10.9 Å². The topological polar surface area (TPSA) is 43.8 Å². The van der Waals surface area contributed by atoms with Gasteiger partial charge in [0.2, 0.25) is 0 Å². The molecule has 0 aliphatic rings. The van der Waals surface area contributed by atoms with E-state index in [1.807, 2.05) is 22.9 Å². The summed E-state index contributed by atoms with van der Waals surface area (Å²) in [6, 6.07) is 8.14. The van der Waals surface area contributed by atoms with Crippen molar-refractivity contribution in [3.63, 3.8) is 0 Å². The molecule has 0 fully saturated rings. The summed E-state index contributed by atoms with van der Waals surface area (Å²) in [6.45, 7) is 5.42. The Morgan fingerprint density at radius 3 is 2.88 bits per heavy atom. The highest BCUT2D eigenvalue weighted by Gasteiger charge is 2.09. The number of aromatic nitrogens is 2. The van der Waals surface area contributed by atoms with E-state index in [0.717, 1.165) is 17.4 Å². The fraction of sp³-hybridized carbons (Fsp3) is 0.462. The molecule has 1 aromatic carbocycles. The van der Waals surface area contributed by atoms with Crippen LogP contribution in [0, 0.1) is 5.92 Å². The van der Waals surface area contributed by atoms with Gasteiger partial charge in [0, 0.05) is 11.9 Å². The van der Waals surface area contributed by atoms with Crippen LogP contribution in [-0.2, 0) is 6.54 Å². The third-order valence-corrected chi connectivity index (χ3v) is 2.95. The molecule has 0 bridgehead atoms. The molecule has 0 spiro atoms. The van der Waals surface area contributed by atoms with Crippen molar-refractivity contribution in [1.82, 2.24) is 9.78 Å². The van der Waals surface area contributed by atoms with E-state index in [0.29, 0.717) is 11.7 Å². The molecule has 16 heavy (non-hydrogen) atoms. The molecule has 0 saturated carbocycles. The molecule has 1 atom stereocenters. The smallest absolute Gasteiger partial charge is 0.153 e. The molecule has 86 valence electrons. The van der Waals surface area contributed by atoms with Gasteiger partial charge in [-0.1, -0.05) is 32.4 Å². The number of nitrogens with two attached hydrogens (primary N) is 1. The summed E-state index contributed by atoms with van der Waals surface area (Å²) in [5, 5.41) is 5.47. The summed E-state index contributed by atoms with van der Waals surface area (Å²) in [6.07, 6.45) is 2.45. The first-order valence-electron chi connectivity index (χ1n) is 5.93. The first kappa shape index (κ1) is 11.0. The SMILES string of the molecule is CCCC(C)Cn1nc(N)c2ccccc21. The van der Waals surface area contributed by atoms with Gasteiger partial charge in [-0.25, -0.2) is 0 Å². The number of anilines is 1. The molecule has 0 aliphatic carbocycles. The van der Waals surface area contributed by atoms with Gasteiger partial charge >= 0.3 is 0 Å². The van der Waals surface area contributed by atoms with E-state index in [4.69, 9.17) is 5.73 Å². The van der Waals surface area contributed by atoms with E-state index in [2.05, 4.69) is 25.0 Å². The minimum atomic E-state index is 0.638. The lowest BCUT2D eigenvalue weighted by atomic mass is 10.1. The Morgan fingerprint density at radius 2 is 2.12 bits per heavy atom. The molecule has 0 radical (unpaired) electrons. The van der Waals surface area contributed by atoms with E-state index >= 15 is 0 Å². The zero-order chi connectivity index (χ0) is 11.5. The summed E-state index contributed by atoms with van der Waals surface area (Å²) in [7, 11) is 0. The van der Waals surface area contributed by atoms with E-state index < -0.39 is 0 Å². The lowest BCUT2D eigenvalue weighted by molar-refractivity contribution is 0.429. The highest BCUT2D eigenvalue weighted by atomic mass is 15.3. The van der Waals surface area contributed by atoms with Crippen molar-refractivity contribution in [1.29, 1.82) is 0 Å². The third kappa shape index (κ3) is 2.03. The predicted octanol–water partition coefficient (Wildman–Crippen LogP) is 3.05. The summed E-state index contributed by atoms with van der Waals surface area (Å²) >= 11 is 0. The molecule has 0 aliphatic heterocycles. The maximum Gasteiger partial charge on any atom is 0.153 e. The van der Waals surface area contributed by atoms with Crippen molar-refractivity contribution >= 4 is 16.7 Å². The molecule has 1 unspecified atom stereocenters. The van der Waals surface area contributed by atoms with Crippen LogP contribution in [0.15, 0.2) is 24.3 Å². The first-order valence-corrected chi connectivity index (χ1v) is 5.93. The molecule has 0 amide bonds. The second kappa shape index (κ2) is 4.56. The third-order valence-electron chi connectivity index (χ3n) is 2.95. The van der Waals surface area contributed by atoms with Gasteiger partial charge in [0.15, 0.2) is 5.82 Å². The number of nitrogens with zero attached hydrogens (tertiary/aromatic N) is 2. The average Bonchev–Trinajstić information content (AvgIpc) is 2.57. The molecule has 3 nitrogen and oxygen atoms in total. The molecular formula is C13H19N3. The Hall–Kier alpha value is -1.51. The van der Waals surface area contributed by atoms with Crippen LogP contribution in [0.5, 0.6) is 0 Å². The molecule has 2 rings (SSSR count). The number of nitrogen functional groups attached to an aromatic ring is 1. The summed E-state index contributed by atoms with van der Waals surface area (Å²) in [5.74, 6) is 1.28. The van der Waals surface area contributed by atoms with Crippen molar-refractivity contribution in [3.8, 4) is 0 Å². The molecular weight excluding hydrogens is 198 g/mol. The highest BCUT2D eigenvalue weighted by molar-refractivity contribution is 5.88. The van der Waals surface area contributed by atoms with Crippen molar-refractivity contribution in [2.45, 2.75) is 33.2 Å². The fourth-order valence-corrected chi connectivity index (χ4v) is 2.17. The number of rotatable bonds is 4. The Bertz CT molecular complexity index is 473. The largest absolute Gasteiger partial charge is 0.382 e. The van der Waals surface area contributed by atoms with Gasteiger partial charge in [-0.05, 0) is 24.5 Å². The van der Waals surface area contributed by atoms with E-state index in [1.165, 1.54) is 12.8 Å². The molecule has 3 heteroatoms. The standard InChI is InChI=1S/C13H19N3/c1-3-6-10(2)9-16-12-8-5-4-7-11(12)13(14)15-16/h4-5,7-8,10H,3,6,9H2,1-2H3,(H2,14,15). The van der Waals surface area contributed by atoms with Crippen LogP contribution < -0.4 is 5.73 Å². The minimum absolute atomic E-state index is 0.638. The molecule has 1 heterocycles. The van der Waals surface area contributed by atoms with Gasteiger partial charge < -0.3 is 5.73 Å². The van der Waals surface area contributed by atoms with Crippen molar-refractivity contribution in [3.05, 3.63) is 24.3 Å². The Balaban J connectivity index is 2.31. The lowest BCUT2D eigenvalue weighted by Crippen LogP contribution is -2.09. The zero-order valence-corrected chi connectivity index (χ0v) is 9.98. The van der Waals surface area contributed by atoms with Gasteiger partial charge in [0.1, 0.15) is 0 Å². The van der Waals surface area contributed by atoms with Gasteiger partial charge in [-0.2, -0.15) is 5.10 Å². The molecule has 0 saturated heterocycles. The van der Waals surface area contributed by atoms with E-state index in [9.17, 15) is 0 Å². The zero-order valence-electron chi connectivity index (χ0n) is 9.98. The van der Waals surface area contributed by atoms with Crippen LogP contribution in [0.4, 0.5) is 5.82 Å². The molecule has 2 N–H and O–H groups in total. The predicted molar refractivity (Wildman–Crippen MR) is 68.2 cm³/mol. The maximum atomic E-state index is 5.89. The lowest BCUT2D eigenvalue weighted by Gasteiger charge is -2.10. The second-order valence-corrected chi connectivity index (χ2v) is 4.48. The Labute approximate surface area is 96.2 Å². The van der Waals surface area contributed by atoms with Gasteiger partial charge in [0.25, 0.3) is 0 Å². The van der Waals surface area contributed by atoms with Crippen molar-refractivity contribution in [2.24, 2.45) is 5.92 Å². The molecule has 2 aromatic rings. The monoisotopic (exact) mass is 217 g/mol. The van der Waals surface area contributed by atoms with Gasteiger partial charge in [-0.3, -0.25) is 4.68 Å². The summed E-state index contributed by atoms with van der Waals surface area (Å²) in [4.78, 5) is 0. The Kier molecular flexibility index (Phi) is 3.13. The number of benzene rings is 1. The van der Waals surface area contributed by atoms with Crippen LogP contribution in [0.2, 0.25) is 0 Å². The van der Waals surface area contributed by atoms with Crippen molar-refractivity contribution < 1.29 is 0 Å². The van der Waals surface area contributed by atoms with Crippen LogP contribution in [0.3, 0.4) is 0 Å². The second-order valence-electron chi connectivity index (χ2n) is 4.48. The number of fused-ring (bicyclic) bond motifs is 1. The van der Waals surface area contributed by atoms with Crippen molar-refractivity contribution in [2.75, 3.05) is 5.73 Å².